The highest BCUT2D eigenvalue weighted by Crippen LogP contribution is 2.37. The molecule has 8 nitrogen and oxygen atoms in total. The summed E-state index contributed by atoms with van der Waals surface area (Å²) >= 11 is -0.273. The number of amides is 1. The van der Waals surface area contributed by atoms with E-state index in [0.717, 1.165) is 4.31 Å². The summed E-state index contributed by atoms with van der Waals surface area (Å²) in [6.45, 7) is -0.00368. The number of methoxy groups -OCH3 is 1. The van der Waals surface area contributed by atoms with Gasteiger partial charge in [-0.3, -0.25) is 14.8 Å². The second-order valence-corrected chi connectivity index (χ2v) is 10.4. The molecule has 1 saturated heterocycles. The lowest BCUT2D eigenvalue weighted by molar-refractivity contribution is -0.0328. The van der Waals surface area contributed by atoms with Crippen LogP contribution in [0.3, 0.4) is 0 Å². The van der Waals surface area contributed by atoms with Gasteiger partial charge in [-0.25, -0.2) is 13.9 Å². The quantitative estimate of drug-likeness (QED) is 0.249. The number of alkyl halides is 3. The molecule has 1 amide bonds. The number of Topliss-reactive ketones (excluding diaryl/α,β-unsaturated/α-hetero) is 1. The Morgan fingerprint density at radius 1 is 1.12 bits per heavy atom. The van der Waals surface area contributed by atoms with Crippen molar-refractivity contribution in [2.45, 2.75) is 28.1 Å². The fourth-order valence-corrected chi connectivity index (χ4v) is 5.94. The minimum absolute atomic E-state index is 0.00184. The summed E-state index contributed by atoms with van der Waals surface area (Å²) in [5, 5.41) is 9.03. The first kappa shape index (κ1) is 26.0. The summed E-state index contributed by atoms with van der Waals surface area (Å²) in [5.74, 6) is -1.86. The summed E-state index contributed by atoms with van der Waals surface area (Å²) in [4.78, 5) is 24.5. The van der Waals surface area contributed by atoms with Gasteiger partial charge in [0.1, 0.15) is 11.3 Å². The van der Waals surface area contributed by atoms with Crippen LogP contribution in [0, 0.1) is 5.92 Å². The van der Waals surface area contributed by atoms with Crippen molar-refractivity contribution in [1.82, 2.24) is 9.79 Å². The van der Waals surface area contributed by atoms with E-state index >= 15 is 0 Å². The van der Waals surface area contributed by atoms with E-state index in [1.807, 2.05) is 0 Å². The number of hydrogen-bond donors (Lipinski definition) is 2. The molecule has 2 aromatic carbocycles. The number of benzene rings is 2. The van der Waals surface area contributed by atoms with Gasteiger partial charge in [-0.2, -0.15) is 17.5 Å². The number of ether oxygens (including phenoxy) is 1. The highest BCUT2D eigenvalue weighted by molar-refractivity contribution is 8.00. The molecule has 184 valence electrons. The molecule has 1 heterocycles. The molecule has 0 saturated carbocycles. The Morgan fingerprint density at radius 3 is 2.26 bits per heavy atom. The number of nitrogens with one attached hydrogen (secondary N) is 1. The van der Waals surface area contributed by atoms with Crippen molar-refractivity contribution in [3.63, 3.8) is 0 Å². The number of ketones is 1. The maximum Gasteiger partial charge on any atom is 0.446 e. The van der Waals surface area contributed by atoms with Gasteiger partial charge in [-0.1, -0.05) is 18.2 Å². The zero-order chi connectivity index (χ0) is 25.1. The Labute approximate surface area is 198 Å². The van der Waals surface area contributed by atoms with Gasteiger partial charge in [0.15, 0.2) is 5.78 Å². The monoisotopic (exact) mass is 518 g/mol. The number of halogens is 3. The third kappa shape index (κ3) is 5.71. The van der Waals surface area contributed by atoms with Crippen molar-refractivity contribution in [2.75, 3.05) is 20.2 Å². The van der Waals surface area contributed by atoms with Crippen molar-refractivity contribution in [1.29, 1.82) is 0 Å². The summed E-state index contributed by atoms with van der Waals surface area (Å²) < 4.78 is 70.1. The van der Waals surface area contributed by atoms with E-state index in [-0.39, 0.29) is 70.1 Å². The van der Waals surface area contributed by atoms with E-state index in [4.69, 9.17) is 9.94 Å². The van der Waals surface area contributed by atoms with E-state index in [2.05, 4.69) is 0 Å². The standard InChI is InChI=1S/C21H21F3N2O6S2/c1-32-16-3-2-4-17(18(16)20(28)25-29)34(30,31)26-11-9-14(10-12-26)19(27)13-5-7-15(8-6-13)33-21(22,23)24/h2-8,14,29H,9-12H2,1H3,(H,25,28). The first-order valence-corrected chi connectivity index (χ1v) is 12.2. The number of piperidine rings is 1. The molecule has 0 unspecified atom stereocenters. The smallest absolute Gasteiger partial charge is 0.446 e. The molecule has 1 aliphatic rings. The van der Waals surface area contributed by atoms with Crippen LogP contribution in [0.1, 0.15) is 33.6 Å². The van der Waals surface area contributed by atoms with Gasteiger partial charge in [-0.05, 0) is 48.9 Å². The SMILES string of the molecule is COc1cccc(S(=O)(=O)N2CCC(C(=O)c3ccc(SC(F)(F)F)cc3)CC2)c1C(=O)NO. The second-order valence-electron chi connectivity index (χ2n) is 7.39. The first-order chi connectivity index (χ1) is 16.0. The number of sulfonamides is 1. The van der Waals surface area contributed by atoms with Gasteiger partial charge in [0.2, 0.25) is 10.0 Å². The molecule has 34 heavy (non-hydrogen) atoms. The fraction of sp³-hybridized carbons (Fsp3) is 0.333. The molecular weight excluding hydrogens is 497 g/mol. The molecule has 1 aliphatic heterocycles. The zero-order valence-corrected chi connectivity index (χ0v) is 19.5. The minimum Gasteiger partial charge on any atom is -0.496 e. The molecule has 13 heteroatoms. The van der Waals surface area contributed by atoms with Crippen LogP contribution < -0.4 is 10.2 Å². The van der Waals surface area contributed by atoms with E-state index in [0.29, 0.717) is 0 Å². The van der Waals surface area contributed by atoms with Crippen molar-refractivity contribution >= 4 is 33.5 Å². The third-order valence-corrected chi connectivity index (χ3v) is 8.03. The summed E-state index contributed by atoms with van der Waals surface area (Å²) in [6.07, 6.45) is 0.394. The van der Waals surface area contributed by atoms with Crippen LogP contribution in [-0.4, -0.2) is 55.3 Å². The molecule has 2 N–H and O–H groups in total. The van der Waals surface area contributed by atoms with Crippen LogP contribution in [0.2, 0.25) is 0 Å². The summed E-state index contributed by atoms with van der Waals surface area (Å²) in [6, 6.07) is 9.11. The third-order valence-electron chi connectivity index (χ3n) is 5.35. The number of hydroxylamine groups is 1. The van der Waals surface area contributed by atoms with Gasteiger partial charge in [-0.15, -0.1) is 0 Å². The highest BCUT2D eigenvalue weighted by Gasteiger charge is 2.36. The lowest BCUT2D eigenvalue weighted by atomic mass is 9.90. The highest BCUT2D eigenvalue weighted by atomic mass is 32.2. The van der Waals surface area contributed by atoms with Crippen LogP contribution in [0.15, 0.2) is 52.3 Å². The molecule has 0 spiro atoms. The van der Waals surface area contributed by atoms with Gasteiger partial charge in [0, 0.05) is 29.5 Å². The Morgan fingerprint density at radius 2 is 1.74 bits per heavy atom. The molecular formula is C21H21F3N2O6S2. The Kier molecular flexibility index (Phi) is 7.91. The van der Waals surface area contributed by atoms with Crippen molar-refractivity contribution in [3.05, 3.63) is 53.6 Å². The Bertz CT molecular complexity index is 1160. The largest absolute Gasteiger partial charge is 0.496 e. The average molecular weight is 519 g/mol. The number of carbonyl (C=O) groups excluding carboxylic acids is 2. The van der Waals surface area contributed by atoms with E-state index < -0.39 is 27.4 Å². The average Bonchev–Trinajstić information content (AvgIpc) is 2.82. The molecule has 3 rings (SSSR count). The maximum atomic E-state index is 13.2. The lowest BCUT2D eigenvalue weighted by Gasteiger charge is -2.31. The van der Waals surface area contributed by atoms with Crippen LogP contribution in [0.5, 0.6) is 5.75 Å². The molecule has 0 aliphatic carbocycles. The second kappa shape index (κ2) is 10.3. The first-order valence-electron chi connectivity index (χ1n) is 9.99. The lowest BCUT2D eigenvalue weighted by Crippen LogP contribution is -2.41. The molecule has 0 aromatic heterocycles. The minimum atomic E-state index is -4.43. The molecule has 0 radical (unpaired) electrons. The zero-order valence-electron chi connectivity index (χ0n) is 17.8. The number of nitrogens with zero attached hydrogens (tertiary/aromatic N) is 1. The van der Waals surface area contributed by atoms with Crippen molar-refractivity contribution < 1.29 is 41.1 Å². The van der Waals surface area contributed by atoms with Gasteiger partial charge < -0.3 is 4.74 Å². The van der Waals surface area contributed by atoms with Gasteiger partial charge >= 0.3 is 5.51 Å². The predicted octanol–water partition coefficient (Wildman–Crippen LogP) is 3.71. The van der Waals surface area contributed by atoms with E-state index in [1.165, 1.54) is 55.1 Å². The van der Waals surface area contributed by atoms with Crippen molar-refractivity contribution in [2.24, 2.45) is 5.92 Å². The number of thioether (sulfide) groups is 1. The number of rotatable bonds is 7. The summed E-state index contributed by atoms with van der Waals surface area (Å²) in [5.41, 5.74) is -3.10. The Balaban J connectivity index is 1.73. The van der Waals surface area contributed by atoms with Gasteiger partial charge in [0.05, 0.1) is 12.0 Å². The topological polar surface area (TPSA) is 113 Å². The normalized spacial score (nSPS) is 15.7. The van der Waals surface area contributed by atoms with Crippen LogP contribution >= 0.6 is 11.8 Å². The van der Waals surface area contributed by atoms with E-state index in [1.54, 1.807) is 0 Å². The predicted molar refractivity (Wildman–Crippen MR) is 116 cm³/mol. The number of carbonyl (C=O) groups is 2. The van der Waals surface area contributed by atoms with Crippen LogP contribution in [-0.2, 0) is 10.0 Å². The maximum absolute atomic E-state index is 13.2. The fourth-order valence-electron chi connectivity index (χ4n) is 3.73. The molecule has 1 fully saturated rings. The summed E-state index contributed by atoms with van der Waals surface area (Å²) in [7, 11) is -2.90. The molecule has 2 aromatic rings. The van der Waals surface area contributed by atoms with Gasteiger partial charge in [0.25, 0.3) is 5.91 Å². The van der Waals surface area contributed by atoms with Crippen LogP contribution in [0.4, 0.5) is 13.2 Å². The molecule has 0 atom stereocenters. The molecule has 0 bridgehead atoms. The van der Waals surface area contributed by atoms with Crippen LogP contribution in [0.25, 0.3) is 0 Å². The number of hydrogen-bond acceptors (Lipinski definition) is 7. The van der Waals surface area contributed by atoms with E-state index in [9.17, 15) is 31.2 Å². The van der Waals surface area contributed by atoms with Crippen molar-refractivity contribution in [3.8, 4) is 5.75 Å². The Hall–Kier alpha value is -2.61.